The monoisotopic (exact) mass is 472 g/mol. The van der Waals surface area contributed by atoms with E-state index in [0.717, 1.165) is 52.8 Å². The summed E-state index contributed by atoms with van der Waals surface area (Å²) in [7, 11) is 0. The number of nitrogens with one attached hydrogen (secondary N) is 1. The number of carbonyl (C=O) groups is 1. The minimum absolute atomic E-state index is 0.0173. The number of ether oxygens (including phenoxy) is 1. The van der Waals surface area contributed by atoms with Gasteiger partial charge in [-0.05, 0) is 43.4 Å². The normalized spacial score (nSPS) is 10.9. The first-order valence-electron chi connectivity index (χ1n) is 11.7. The summed E-state index contributed by atoms with van der Waals surface area (Å²) in [4.78, 5) is 34.8. The zero-order chi connectivity index (χ0) is 24.8. The second kappa shape index (κ2) is 10.9. The van der Waals surface area contributed by atoms with Gasteiger partial charge in [-0.1, -0.05) is 67.0 Å². The second-order valence-electron chi connectivity index (χ2n) is 8.46. The summed E-state index contributed by atoms with van der Waals surface area (Å²) in [6.07, 6.45) is 3.48. The van der Waals surface area contributed by atoms with Gasteiger partial charge < -0.3 is 4.74 Å². The van der Waals surface area contributed by atoms with E-state index >= 15 is 0 Å². The number of Topliss-reactive ketones (excluding diaryl/α,β-unsaturated/α-hetero) is 1. The number of rotatable bonds is 10. The molecule has 4 aromatic rings. The van der Waals surface area contributed by atoms with E-state index < -0.39 is 5.76 Å². The van der Waals surface area contributed by atoms with Crippen LogP contribution in [0.1, 0.15) is 49.3 Å². The number of hydrogen-bond donors (Lipinski definition) is 1. The van der Waals surface area contributed by atoms with Crippen molar-refractivity contribution in [2.24, 2.45) is 0 Å². The molecular formula is C27H28N4O4. The molecule has 0 radical (unpaired) electrons. The second-order valence-corrected chi connectivity index (χ2v) is 8.46. The summed E-state index contributed by atoms with van der Waals surface area (Å²) >= 11 is 0. The molecule has 0 unspecified atom stereocenters. The molecule has 4 rings (SSSR count). The molecule has 8 heteroatoms. The van der Waals surface area contributed by atoms with Crippen LogP contribution in [0.5, 0.6) is 5.88 Å². The third-order valence-corrected chi connectivity index (χ3v) is 5.61. The fraction of sp³-hybridized carbons (Fsp3) is 0.296. The van der Waals surface area contributed by atoms with Crippen molar-refractivity contribution in [3.05, 3.63) is 81.7 Å². The summed E-state index contributed by atoms with van der Waals surface area (Å²) in [5.41, 5.74) is 5.63. The quantitative estimate of drug-likeness (QED) is 0.356. The SMILES string of the molecule is CCCCc1nc(C)nc(OCC(C)=O)c1Cc1ccc(-c2ccccc2-c2noc(=O)[nH]2)cc1. The van der Waals surface area contributed by atoms with Gasteiger partial charge >= 0.3 is 5.76 Å². The molecule has 0 aliphatic carbocycles. The fourth-order valence-corrected chi connectivity index (χ4v) is 3.94. The molecule has 0 spiro atoms. The van der Waals surface area contributed by atoms with E-state index in [9.17, 15) is 9.59 Å². The van der Waals surface area contributed by atoms with Crippen LogP contribution in [-0.2, 0) is 17.6 Å². The number of nitrogens with zero attached hydrogens (tertiary/aromatic N) is 3. The number of H-pyrrole nitrogens is 1. The number of hydrogen-bond acceptors (Lipinski definition) is 7. The summed E-state index contributed by atoms with van der Waals surface area (Å²) in [5, 5.41) is 3.83. The van der Waals surface area contributed by atoms with Crippen LogP contribution in [0.15, 0.2) is 57.8 Å². The van der Waals surface area contributed by atoms with E-state index in [1.165, 1.54) is 6.92 Å². The van der Waals surface area contributed by atoms with E-state index in [1.54, 1.807) is 0 Å². The highest BCUT2D eigenvalue weighted by Gasteiger charge is 2.17. The molecule has 0 atom stereocenters. The van der Waals surface area contributed by atoms with Crippen LogP contribution in [-0.4, -0.2) is 32.5 Å². The van der Waals surface area contributed by atoms with E-state index in [4.69, 9.17) is 4.74 Å². The maximum Gasteiger partial charge on any atom is 0.439 e. The molecule has 0 bridgehead atoms. The van der Waals surface area contributed by atoms with Gasteiger partial charge in [-0.25, -0.2) is 9.78 Å². The van der Waals surface area contributed by atoms with Gasteiger partial charge in [0.2, 0.25) is 5.88 Å². The number of aryl methyl sites for hydroxylation is 2. The summed E-state index contributed by atoms with van der Waals surface area (Å²) < 4.78 is 10.5. The van der Waals surface area contributed by atoms with Crippen LogP contribution in [0, 0.1) is 6.92 Å². The lowest BCUT2D eigenvalue weighted by atomic mass is 9.96. The molecular weight excluding hydrogens is 444 g/mol. The van der Waals surface area contributed by atoms with E-state index in [-0.39, 0.29) is 12.4 Å². The maximum atomic E-state index is 11.5. The average Bonchev–Trinajstić information content (AvgIpc) is 3.29. The summed E-state index contributed by atoms with van der Waals surface area (Å²) in [5.74, 6) is 0.852. The van der Waals surface area contributed by atoms with Crippen molar-refractivity contribution in [1.82, 2.24) is 20.1 Å². The molecule has 180 valence electrons. The Hall–Kier alpha value is -4.07. The van der Waals surface area contributed by atoms with Crippen molar-refractivity contribution >= 4 is 5.78 Å². The van der Waals surface area contributed by atoms with Gasteiger partial charge in [0.1, 0.15) is 12.4 Å². The van der Waals surface area contributed by atoms with Gasteiger partial charge in [0.05, 0.1) is 5.69 Å². The van der Waals surface area contributed by atoms with Gasteiger partial charge in [0.15, 0.2) is 11.6 Å². The molecule has 2 aromatic heterocycles. The Morgan fingerprint density at radius 2 is 1.80 bits per heavy atom. The maximum absolute atomic E-state index is 11.5. The third kappa shape index (κ3) is 5.90. The zero-order valence-electron chi connectivity index (χ0n) is 20.1. The Kier molecular flexibility index (Phi) is 7.50. The first-order chi connectivity index (χ1) is 16.9. The molecule has 0 amide bonds. The van der Waals surface area contributed by atoms with Gasteiger partial charge in [0, 0.05) is 17.5 Å². The molecule has 2 aromatic carbocycles. The summed E-state index contributed by atoms with van der Waals surface area (Å²) in [6, 6.07) is 15.9. The average molecular weight is 473 g/mol. The Balaban J connectivity index is 1.65. The summed E-state index contributed by atoms with van der Waals surface area (Å²) in [6.45, 7) is 5.47. The minimum atomic E-state index is -0.591. The largest absolute Gasteiger partial charge is 0.469 e. The molecule has 0 saturated heterocycles. The van der Waals surface area contributed by atoms with Crippen LogP contribution in [0.2, 0.25) is 0 Å². The predicted molar refractivity (Wildman–Crippen MR) is 132 cm³/mol. The van der Waals surface area contributed by atoms with Crippen LogP contribution >= 0.6 is 0 Å². The van der Waals surface area contributed by atoms with Crippen molar-refractivity contribution in [2.75, 3.05) is 6.61 Å². The number of ketones is 1. The Morgan fingerprint density at radius 3 is 2.46 bits per heavy atom. The highest BCUT2D eigenvalue weighted by molar-refractivity contribution is 5.80. The number of benzene rings is 2. The van der Waals surface area contributed by atoms with E-state index in [0.29, 0.717) is 23.9 Å². The van der Waals surface area contributed by atoms with Crippen molar-refractivity contribution in [1.29, 1.82) is 0 Å². The molecule has 8 nitrogen and oxygen atoms in total. The highest BCUT2D eigenvalue weighted by atomic mass is 16.5. The van der Waals surface area contributed by atoms with Crippen molar-refractivity contribution in [2.45, 2.75) is 46.5 Å². The van der Waals surface area contributed by atoms with Gasteiger partial charge in [-0.3, -0.25) is 14.3 Å². The van der Waals surface area contributed by atoms with Crippen LogP contribution in [0.4, 0.5) is 0 Å². The fourth-order valence-electron chi connectivity index (χ4n) is 3.94. The smallest absolute Gasteiger partial charge is 0.439 e. The molecule has 0 fully saturated rings. The molecule has 0 aliphatic rings. The Morgan fingerprint density at radius 1 is 1.06 bits per heavy atom. The predicted octanol–water partition coefficient (Wildman–Crippen LogP) is 4.70. The minimum Gasteiger partial charge on any atom is -0.469 e. The lowest BCUT2D eigenvalue weighted by Gasteiger charge is -2.15. The standard InChI is InChI=1S/C27H28N4O4/c1-4-5-10-24-23(26(29-18(3)28-24)34-16-17(2)32)15-19-11-13-20(14-12-19)21-8-6-7-9-22(21)25-30-27(33)35-31-25/h6-9,11-14H,4-5,10,15-16H2,1-3H3,(H,30,31,33). The first kappa shape index (κ1) is 24.1. The number of unbranched alkanes of at least 4 members (excludes halogenated alkanes) is 1. The Labute approximate surface area is 203 Å². The topological polar surface area (TPSA) is 111 Å². The molecule has 2 heterocycles. The van der Waals surface area contributed by atoms with Crippen molar-refractivity contribution < 1.29 is 14.1 Å². The van der Waals surface area contributed by atoms with Crippen molar-refractivity contribution in [3.63, 3.8) is 0 Å². The third-order valence-electron chi connectivity index (χ3n) is 5.61. The first-order valence-corrected chi connectivity index (χ1v) is 11.7. The van der Waals surface area contributed by atoms with Crippen molar-refractivity contribution in [3.8, 4) is 28.4 Å². The van der Waals surface area contributed by atoms with E-state index in [1.807, 2.05) is 43.3 Å². The van der Waals surface area contributed by atoms with Crippen LogP contribution in [0.3, 0.4) is 0 Å². The lowest BCUT2D eigenvalue weighted by Crippen LogP contribution is -2.13. The zero-order valence-corrected chi connectivity index (χ0v) is 20.1. The lowest BCUT2D eigenvalue weighted by molar-refractivity contribution is -0.119. The highest BCUT2D eigenvalue weighted by Crippen LogP contribution is 2.31. The Bertz CT molecular complexity index is 1370. The van der Waals surface area contributed by atoms with Crippen LogP contribution < -0.4 is 10.5 Å². The van der Waals surface area contributed by atoms with Crippen LogP contribution in [0.25, 0.3) is 22.5 Å². The van der Waals surface area contributed by atoms with E-state index in [2.05, 4.69) is 43.7 Å². The van der Waals surface area contributed by atoms with Gasteiger partial charge in [-0.2, -0.15) is 4.98 Å². The number of aromatic amines is 1. The van der Waals surface area contributed by atoms with Gasteiger partial charge in [-0.15, -0.1) is 0 Å². The molecule has 1 N–H and O–H groups in total. The van der Waals surface area contributed by atoms with Gasteiger partial charge in [0.25, 0.3) is 0 Å². The number of carbonyl (C=O) groups excluding carboxylic acids is 1. The molecule has 0 aliphatic heterocycles. The number of aromatic nitrogens is 4. The molecule has 0 saturated carbocycles. The molecule has 35 heavy (non-hydrogen) atoms.